The minimum Gasteiger partial charge on any atom is -0.380 e. The molecular weight excluding hydrogens is 248 g/mol. The maximum atomic E-state index is 5.18. The van der Waals surface area contributed by atoms with Gasteiger partial charge in [0.1, 0.15) is 0 Å². The van der Waals surface area contributed by atoms with Crippen molar-refractivity contribution in [2.75, 3.05) is 26.7 Å². The highest BCUT2D eigenvalue weighted by Crippen LogP contribution is 2.31. The van der Waals surface area contributed by atoms with Gasteiger partial charge in [-0.15, -0.1) is 0 Å². The predicted octanol–water partition coefficient (Wildman–Crippen LogP) is 2.41. The van der Waals surface area contributed by atoms with Crippen molar-refractivity contribution in [2.45, 2.75) is 38.5 Å². The van der Waals surface area contributed by atoms with Crippen molar-refractivity contribution >= 4 is 0 Å². The average Bonchev–Trinajstić information content (AvgIpc) is 3.20. The Morgan fingerprint density at radius 2 is 2.10 bits per heavy atom. The second kappa shape index (κ2) is 6.70. The standard InChI is InChI=1S/C17H26N2O/c1-20-13-15-4-2-3-14(9-15)10-18-11-16-7-8-19(12-16)17-5-6-17/h2-4,9,16-18H,5-8,10-13H2,1H3. The van der Waals surface area contributed by atoms with Crippen molar-refractivity contribution in [2.24, 2.45) is 5.92 Å². The van der Waals surface area contributed by atoms with Crippen molar-refractivity contribution in [3.63, 3.8) is 0 Å². The summed E-state index contributed by atoms with van der Waals surface area (Å²) >= 11 is 0. The molecule has 3 rings (SSSR count). The van der Waals surface area contributed by atoms with Gasteiger partial charge in [-0.25, -0.2) is 0 Å². The number of methoxy groups -OCH3 is 1. The van der Waals surface area contributed by atoms with Gasteiger partial charge in [-0.05, 0) is 49.4 Å². The fraction of sp³-hybridized carbons (Fsp3) is 0.647. The van der Waals surface area contributed by atoms with Gasteiger partial charge in [-0.2, -0.15) is 0 Å². The van der Waals surface area contributed by atoms with E-state index in [4.69, 9.17) is 4.74 Å². The van der Waals surface area contributed by atoms with Crippen LogP contribution in [0.5, 0.6) is 0 Å². The number of nitrogens with one attached hydrogen (secondary N) is 1. The third-order valence-corrected chi connectivity index (χ3v) is 4.45. The monoisotopic (exact) mass is 274 g/mol. The third kappa shape index (κ3) is 3.81. The fourth-order valence-corrected chi connectivity index (χ4v) is 3.22. The van der Waals surface area contributed by atoms with Crippen molar-refractivity contribution in [1.82, 2.24) is 10.2 Å². The van der Waals surface area contributed by atoms with Crippen LogP contribution in [0.1, 0.15) is 30.4 Å². The van der Waals surface area contributed by atoms with E-state index in [0.717, 1.165) is 25.0 Å². The molecule has 110 valence electrons. The van der Waals surface area contributed by atoms with E-state index in [0.29, 0.717) is 6.61 Å². The number of hydrogen-bond acceptors (Lipinski definition) is 3. The molecule has 1 atom stereocenters. The summed E-state index contributed by atoms with van der Waals surface area (Å²) in [6.45, 7) is 5.45. The molecule has 3 nitrogen and oxygen atoms in total. The van der Waals surface area contributed by atoms with Crippen LogP contribution in [0, 0.1) is 5.92 Å². The molecule has 1 saturated heterocycles. The average molecular weight is 274 g/mol. The van der Waals surface area contributed by atoms with Crippen LogP contribution in [0.15, 0.2) is 24.3 Å². The van der Waals surface area contributed by atoms with Gasteiger partial charge in [0.05, 0.1) is 6.61 Å². The van der Waals surface area contributed by atoms with E-state index in [9.17, 15) is 0 Å². The summed E-state index contributed by atoms with van der Waals surface area (Å²) in [7, 11) is 1.75. The molecule has 1 N–H and O–H groups in total. The molecule has 0 radical (unpaired) electrons. The molecule has 1 aliphatic heterocycles. The molecule has 0 bridgehead atoms. The largest absolute Gasteiger partial charge is 0.380 e. The zero-order valence-electron chi connectivity index (χ0n) is 12.5. The van der Waals surface area contributed by atoms with Crippen LogP contribution in [-0.2, 0) is 17.9 Å². The molecule has 2 fully saturated rings. The lowest BCUT2D eigenvalue weighted by Gasteiger charge is -2.15. The fourth-order valence-electron chi connectivity index (χ4n) is 3.22. The summed E-state index contributed by atoms with van der Waals surface area (Å²) < 4.78 is 5.18. The SMILES string of the molecule is COCc1cccc(CNCC2CCN(C3CC3)C2)c1. The van der Waals surface area contributed by atoms with Gasteiger partial charge in [-0.3, -0.25) is 0 Å². The Hall–Kier alpha value is -0.900. The first-order chi connectivity index (χ1) is 9.85. The second-order valence-corrected chi connectivity index (χ2v) is 6.26. The van der Waals surface area contributed by atoms with E-state index in [2.05, 4.69) is 34.5 Å². The number of nitrogens with zero attached hydrogens (tertiary/aromatic N) is 1. The van der Waals surface area contributed by atoms with Crippen LogP contribution in [0.2, 0.25) is 0 Å². The smallest absolute Gasteiger partial charge is 0.0713 e. The highest BCUT2D eigenvalue weighted by molar-refractivity contribution is 5.22. The minimum atomic E-state index is 0.701. The van der Waals surface area contributed by atoms with Gasteiger partial charge < -0.3 is 15.0 Å². The van der Waals surface area contributed by atoms with E-state index in [1.165, 1.54) is 43.5 Å². The topological polar surface area (TPSA) is 24.5 Å². The second-order valence-electron chi connectivity index (χ2n) is 6.26. The molecule has 0 spiro atoms. The molecule has 1 saturated carbocycles. The quantitative estimate of drug-likeness (QED) is 0.826. The molecule has 1 aromatic rings. The summed E-state index contributed by atoms with van der Waals surface area (Å²) in [4.78, 5) is 2.69. The lowest BCUT2D eigenvalue weighted by molar-refractivity contribution is 0.185. The van der Waals surface area contributed by atoms with E-state index in [1.54, 1.807) is 7.11 Å². The Kier molecular flexibility index (Phi) is 4.71. The molecule has 20 heavy (non-hydrogen) atoms. The molecule has 3 heteroatoms. The molecule has 0 aromatic heterocycles. The van der Waals surface area contributed by atoms with Crippen molar-refractivity contribution < 1.29 is 4.74 Å². The number of ether oxygens (including phenoxy) is 1. The van der Waals surface area contributed by atoms with Crippen molar-refractivity contribution in [3.8, 4) is 0 Å². The lowest BCUT2D eigenvalue weighted by Crippen LogP contribution is -2.27. The van der Waals surface area contributed by atoms with Crippen molar-refractivity contribution in [1.29, 1.82) is 0 Å². The van der Waals surface area contributed by atoms with Crippen LogP contribution in [0.25, 0.3) is 0 Å². The molecule has 1 aromatic carbocycles. The van der Waals surface area contributed by atoms with E-state index in [-0.39, 0.29) is 0 Å². The summed E-state index contributed by atoms with van der Waals surface area (Å²) in [6.07, 6.45) is 4.24. The highest BCUT2D eigenvalue weighted by Gasteiger charge is 2.33. The van der Waals surface area contributed by atoms with Crippen LogP contribution in [0.4, 0.5) is 0 Å². The van der Waals surface area contributed by atoms with Crippen LogP contribution in [0.3, 0.4) is 0 Å². The number of benzene rings is 1. The summed E-state index contributed by atoms with van der Waals surface area (Å²) in [6, 6.07) is 9.61. The molecule has 2 aliphatic rings. The Bertz CT molecular complexity index is 431. The van der Waals surface area contributed by atoms with Gasteiger partial charge >= 0.3 is 0 Å². The summed E-state index contributed by atoms with van der Waals surface area (Å²) in [5, 5.41) is 3.63. The van der Waals surface area contributed by atoms with Crippen LogP contribution in [-0.4, -0.2) is 37.7 Å². The summed E-state index contributed by atoms with van der Waals surface area (Å²) in [5.41, 5.74) is 2.61. The first kappa shape index (κ1) is 14.1. The molecule has 1 heterocycles. The van der Waals surface area contributed by atoms with Crippen LogP contribution < -0.4 is 5.32 Å². The van der Waals surface area contributed by atoms with Gasteiger partial charge in [0.15, 0.2) is 0 Å². The van der Waals surface area contributed by atoms with Crippen LogP contribution >= 0.6 is 0 Å². The van der Waals surface area contributed by atoms with E-state index >= 15 is 0 Å². The van der Waals surface area contributed by atoms with Gasteiger partial charge in [0.2, 0.25) is 0 Å². The maximum Gasteiger partial charge on any atom is 0.0713 e. The van der Waals surface area contributed by atoms with Gasteiger partial charge in [-0.1, -0.05) is 24.3 Å². The summed E-state index contributed by atoms with van der Waals surface area (Å²) in [5.74, 6) is 0.845. The number of hydrogen-bond donors (Lipinski definition) is 1. The maximum absolute atomic E-state index is 5.18. The first-order valence-corrected chi connectivity index (χ1v) is 7.86. The Balaban J connectivity index is 1.40. The number of likely N-dealkylation sites (tertiary alicyclic amines) is 1. The lowest BCUT2D eigenvalue weighted by atomic mass is 10.1. The van der Waals surface area contributed by atoms with Gasteiger partial charge in [0.25, 0.3) is 0 Å². The molecule has 1 unspecified atom stereocenters. The molecular formula is C17H26N2O. The zero-order chi connectivity index (χ0) is 13.8. The normalized spacial score (nSPS) is 23.4. The molecule has 0 amide bonds. The van der Waals surface area contributed by atoms with Gasteiger partial charge in [0, 0.05) is 26.2 Å². The molecule has 1 aliphatic carbocycles. The first-order valence-electron chi connectivity index (χ1n) is 7.86. The Morgan fingerprint density at radius 1 is 1.25 bits per heavy atom. The Morgan fingerprint density at radius 3 is 2.90 bits per heavy atom. The minimum absolute atomic E-state index is 0.701. The van der Waals surface area contributed by atoms with Crippen molar-refractivity contribution in [3.05, 3.63) is 35.4 Å². The number of rotatable bonds is 7. The third-order valence-electron chi connectivity index (χ3n) is 4.45. The predicted molar refractivity (Wildman–Crippen MR) is 81.6 cm³/mol. The van der Waals surface area contributed by atoms with E-state index < -0.39 is 0 Å². The zero-order valence-corrected chi connectivity index (χ0v) is 12.5. The van der Waals surface area contributed by atoms with E-state index in [1.807, 2.05) is 0 Å². The Labute approximate surface area is 122 Å². The highest BCUT2D eigenvalue weighted by atomic mass is 16.5.